The fourth-order valence-corrected chi connectivity index (χ4v) is 3.45. The Morgan fingerprint density at radius 3 is 2.48 bits per heavy atom. The lowest BCUT2D eigenvalue weighted by Gasteiger charge is -2.13. The lowest BCUT2D eigenvalue weighted by Crippen LogP contribution is -2.13. The molecule has 0 saturated carbocycles. The van der Waals surface area contributed by atoms with Crippen LogP contribution in [-0.4, -0.2) is 5.91 Å². The maximum absolute atomic E-state index is 14.1. The standard InChI is InChI=1S/C28H21FN2O2/c1-19-10-13-23(14-11-19)31-28(32)22(17-30)16-25-24-8-4-2-6-20(24)12-15-27(25)33-18-21-7-3-5-9-26(21)29/h2-16H,18H2,1H3,(H,31,32)/b22-16+. The molecule has 4 rings (SSSR count). The number of amides is 1. The summed E-state index contributed by atoms with van der Waals surface area (Å²) in [7, 11) is 0. The van der Waals surface area contributed by atoms with Gasteiger partial charge in [-0.2, -0.15) is 5.26 Å². The Kier molecular flexibility index (Phi) is 6.47. The number of nitriles is 1. The van der Waals surface area contributed by atoms with Gasteiger partial charge in [-0.1, -0.05) is 66.2 Å². The molecule has 0 heterocycles. The van der Waals surface area contributed by atoms with E-state index in [0.29, 0.717) is 22.6 Å². The van der Waals surface area contributed by atoms with E-state index in [9.17, 15) is 14.4 Å². The molecule has 0 bridgehead atoms. The molecular weight excluding hydrogens is 415 g/mol. The van der Waals surface area contributed by atoms with E-state index in [4.69, 9.17) is 4.74 Å². The highest BCUT2D eigenvalue weighted by molar-refractivity contribution is 6.11. The van der Waals surface area contributed by atoms with Crippen molar-refractivity contribution in [3.63, 3.8) is 0 Å². The lowest BCUT2D eigenvalue weighted by molar-refractivity contribution is -0.112. The average Bonchev–Trinajstić information content (AvgIpc) is 2.83. The molecule has 4 nitrogen and oxygen atoms in total. The molecule has 0 spiro atoms. The number of fused-ring (bicyclic) bond motifs is 1. The molecule has 0 atom stereocenters. The summed E-state index contributed by atoms with van der Waals surface area (Å²) in [4.78, 5) is 12.8. The summed E-state index contributed by atoms with van der Waals surface area (Å²) in [6.45, 7) is 1.97. The van der Waals surface area contributed by atoms with Gasteiger partial charge in [0.1, 0.15) is 29.8 Å². The molecule has 5 heteroatoms. The third-order valence-electron chi connectivity index (χ3n) is 5.23. The van der Waals surface area contributed by atoms with Crippen molar-refractivity contribution in [1.82, 2.24) is 0 Å². The number of nitrogens with one attached hydrogen (secondary N) is 1. The molecule has 0 aromatic heterocycles. The number of hydrogen-bond donors (Lipinski definition) is 1. The van der Waals surface area contributed by atoms with Crippen molar-refractivity contribution in [1.29, 1.82) is 5.26 Å². The Morgan fingerprint density at radius 2 is 1.73 bits per heavy atom. The zero-order chi connectivity index (χ0) is 23.2. The first-order valence-electron chi connectivity index (χ1n) is 10.4. The summed E-state index contributed by atoms with van der Waals surface area (Å²) >= 11 is 0. The van der Waals surface area contributed by atoms with Gasteiger partial charge in [-0.05, 0) is 48.0 Å². The van der Waals surface area contributed by atoms with Crippen molar-refractivity contribution < 1.29 is 13.9 Å². The molecule has 0 aliphatic carbocycles. The maximum Gasteiger partial charge on any atom is 0.266 e. The van der Waals surface area contributed by atoms with Gasteiger partial charge in [0.15, 0.2) is 0 Å². The Bertz CT molecular complexity index is 1390. The first-order valence-corrected chi connectivity index (χ1v) is 10.4. The number of aryl methyl sites for hydroxylation is 1. The summed E-state index contributed by atoms with van der Waals surface area (Å²) in [6.07, 6.45) is 1.52. The van der Waals surface area contributed by atoms with Crippen LogP contribution in [0.25, 0.3) is 16.8 Å². The molecule has 0 aliphatic heterocycles. The second-order valence-corrected chi connectivity index (χ2v) is 7.57. The van der Waals surface area contributed by atoms with Crippen molar-refractivity contribution in [2.24, 2.45) is 0 Å². The van der Waals surface area contributed by atoms with Crippen LogP contribution >= 0.6 is 0 Å². The van der Waals surface area contributed by atoms with E-state index in [-0.39, 0.29) is 18.0 Å². The number of ether oxygens (including phenoxy) is 1. The quantitative estimate of drug-likeness (QED) is 0.281. The number of hydrogen-bond acceptors (Lipinski definition) is 3. The largest absolute Gasteiger partial charge is 0.488 e. The number of halogens is 1. The molecule has 0 fully saturated rings. The normalized spacial score (nSPS) is 11.1. The summed E-state index contributed by atoms with van der Waals surface area (Å²) in [5, 5.41) is 14.2. The minimum atomic E-state index is -0.519. The van der Waals surface area contributed by atoms with E-state index in [0.717, 1.165) is 16.3 Å². The van der Waals surface area contributed by atoms with Crippen molar-refractivity contribution in [3.8, 4) is 11.8 Å². The van der Waals surface area contributed by atoms with E-state index in [1.807, 2.05) is 55.5 Å². The number of carbonyl (C=O) groups excluding carboxylic acids is 1. The van der Waals surface area contributed by atoms with Crippen molar-refractivity contribution in [2.45, 2.75) is 13.5 Å². The predicted octanol–water partition coefficient (Wildman–Crippen LogP) is 6.41. The van der Waals surface area contributed by atoms with Gasteiger partial charge < -0.3 is 10.1 Å². The summed E-state index contributed by atoms with van der Waals surface area (Å²) in [6, 6.07) is 27.0. The Balaban J connectivity index is 1.70. The molecular formula is C28H21FN2O2. The maximum atomic E-state index is 14.1. The summed E-state index contributed by atoms with van der Waals surface area (Å²) in [5.74, 6) is -0.423. The average molecular weight is 436 g/mol. The van der Waals surface area contributed by atoms with Crippen LogP contribution in [0.1, 0.15) is 16.7 Å². The molecule has 33 heavy (non-hydrogen) atoms. The molecule has 162 valence electrons. The molecule has 0 aliphatic rings. The van der Waals surface area contributed by atoms with Gasteiger partial charge in [0, 0.05) is 16.8 Å². The summed E-state index contributed by atoms with van der Waals surface area (Å²) < 4.78 is 20.0. The van der Waals surface area contributed by atoms with E-state index in [1.54, 1.807) is 36.4 Å². The van der Waals surface area contributed by atoms with Gasteiger partial charge >= 0.3 is 0 Å². The smallest absolute Gasteiger partial charge is 0.266 e. The van der Waals surface area contributed by atoms with Gasteiger partial charge in [0.25, 0.3) is 5.91 Å². The van der Waals surface area contributed by atoms with Crippen LogP contribution in [0.15, 0.2) is 90.5 Å². The van der Waals surface area contributed by atoms with Crippen LogP contribution in [0.3, 0.4) is 0 Å². The van der Waals surface area contributed by atoms with Crippen LogP contribution in [0.4, 0.5) is 10.1 Å². The Hall–Kier alpha value is -4.43. The topological polar surface area (TPSA) is 62.1 Å². The van der Waals surface area contributed by atoms with Crippen molar-refractivity contribution in [3.05, 3.63) is 113 Å². The van der Waals surface area contributed by atoms with Gasteiger partial charge in [0.2, 0.25) is 0 Å². The lowest BCUT2D eigenvalue weighted by atomic mass is 10.0. The van der Waals surface area contributed by atoms with Crippen LogP contribution in [0.2, 0.25) is 0 Å². The van der Waals surface area contributed by atoms with E-state index < -0.39 is 5.91 Å². The first-order chi connectivity index (χ1) is 16.0. The van der Waals surface area contributed by atoms with Gasteiger partial charge in [-0.15, -0.1) is 0 Å². The second-order valence-electron chi connectivity index (χ2n) is 7.57. The molecule has 0 radical (unpaired) electrons. The van der Waals surface area contributed by atoms with Gasteiger partial charge in [0.05, 0.1) is 0 Å². The number of nitrogens with zero attached hydrogens (tertiary/aromatic N) is 1. The minimum absolute atomic E-state index is 0.0172. The Morgan fingerprint density at radius 1 is 1.00 bits per heavy atom. The number of anilines is 1. The fraction of sp³-hybridized carbons (Fsp3) is 0.0714. The van der Waals surface area contributed by atoms with Crippen molar-refractivity contribution >= 4 is 28.4 Å². The highest BCUT2D eigenvalue weighted by Gasteiger charge is 2.14. The molecule has 1 amide bonds. The number of benzene rings is 4. The Labute approximate surface area is 191 Å². The number of rotatable bonds is 6. The molecule has 0 saturated heterocycles. The van der Waals surface area contributed by atoms with Gasteiger partial charge in [-0.25, -0.2) is 4.39 Å². The molecule has 1 N–H and O–H groups in total. The third-order valence-corrected chi connectivity index (χ3v) is 5.23. The monoisotopic (exact) mass is 436 g/mol. The highest BCUT2D eigenvalue weighted by atomic mass is 19.1. The van der Waals surface area contributed by atoms with Crippen LogP contribution in [0.5, 0.6) is 5.75 Å². The first kappa shape index (κ1) is 21.8. The van der Waals surface area contributed by atoms with Crippen LogP contribution in [0, 0.1) is 24.1 Å². The minimum Gasteiger partial charge on any atom is -0.488 e. The summed E-state index contributed by atoms with van der Waals surface area (Å²) in [5.41, 5.74) is 2.60. The van der Waals surface area contributed by atoms with E-state index >= 15 is 0 Å². The van der Waals surface area contributed by atoms with E-state index in [2.05, 4.69) is 5.32 Å². The third kappa shape index (κ3) is 5.08. The predicted molar refractivity (Wildman–Crippen MR) is 128 cm³/mol. The van der Waals surface area contributed by atoms with Crippen molar-refractivity contribution in [2.75, 3.05) is 5.32 Å². The highest BCUT2D eigenvalue weighted by Crippen LogP contribution is 2.31. The zero-order valence-corrected chi connectivity index (χ0v) is 18.0. The van der Waals surface area contributed by atoms with Crippen LogP contribution < -0.4 is 10.1 Å². The SMILES string of the molecule is Cc1ccc(NC(=O)/C(C#N)=C/c2c(OCc3ccccc3F)ccc3ccccc23)cc1. The fourth-order valence-electron chi connectivity index (χ4n) is 3.45. The molecule has 4 aromatic rings. The van der Waals surface area contributed by atoms with E-state index in [1.165, 1.54) is 12.1 Å². The zero-order valence-electron chi connectivity index (χ0n) is 18.0. The van der Waals surface area contributed by atoms with Crippen LogP contribution in [-0.2, 0) is 11.4 Å². The number of carbonyl (C=O) groups is 1. The second kappa shape index (κ2) is 9.80. The molecule has 0 unspecified atom stereocenters. The molecule has 4 aromatic carbocycles. The van der Waals surface area contributed by atoms with Gasteiger partial charge in [-0.3, -0.25) is 4.79 Å².